The second kappa shape index (κ2) is 7.46. The molecule has 0 aromatic carbocycles. The Morgan fingerprint density at radius 1 is 1.12 bits per heavy atom. The molecule has 4 nitrogen and oxygen atoms in total. The molecule has 2 unspecified atom stereocenters. The van der Waals surface area contributed by atoms with Gasteiger partial charge in [0.2, 0.25) is 0 Å². The monoisotopic (exact) mass is 352 g/mol. The average Bonchev–Trinajstić information content (AvgIpc) is 2.45. The third-order valence-electron chi connectivity index (χ3n) is 6.62. The smallest absolute Gasteiger partial charge is 0.407 e. The van der Waals surface area contributed by atoms with Crippen molar-refractivity contribution in [2.75, 3.05) is 0 Å². The molecule has 2 atom stereocenters. The molecule has 2 aliphatic carbocycles. The van der Waals surface area contributed by atoms with Crippen molar-refractivity contribution in [1.82, 2.24) is 5.32 Å². The van der Waals surface area contributed by atoms with E-state index in [2.05, 4.69) is 33.0 Å². The van der Waals surface area contributed by atoms with E-state index in [1.807, 2.05) is 13.8 Å². The SMILES string of the molecule is CC1(C)CCC(NC(=O)OC(C)(C)CC2CC(N)CCC2(C)C)CC1. The van der Waals surface area contributed by atoms with Gasteiger partial charge in [0.05, 0.1) is 0 Å². The van der Waals surface area contributed by atoms with E-state index in [0.717, 1.165) is 51.4 Å². The molecule has 0 aromatic heterocycles. The van der Waals surface area contributed by atoms with Crippen LogP contribution in [0.2, 0.25) is 0 Å². The summed E-state index contributed by atoms with van der Waals surface area (Å²) in [4.78, 5) is 12.4. The zero-order valence-electron chi connectivity index (χ0n) is 17.3. The molecule has 2 aliphatic rings. The first kappa shape index (κ1) is 20.5. The molecule has 2 rings (SSSR count). The summed E-state index contributed by atoms with van der Waals surface area (Å²) >= 11 is 0. The average molecular weight is 353 g/mol. The molecule has 146 valence electrons. The van der Waals surface area contributed by atoms with Crippen LogP contribution >= 0.6 is 0 Å². The van der Waals surface area contributed by atoms with Crippen LogP contribution in [0.1, 0.15) is 92.9 Å². The van der Waals surface area contributed by atoms with Crippen LogP contribution in [0.25, 0.3) is 0 Å². The van der Waals surface area contributed by atoms with Crippen LogP contribution in [-0.2, 0) is 4.74 Å². The maximum atomic E-state index is 12.4. The minimum atomic E-state index is -0.461. The van der Waals surface area contributed by atoms with E-state index in [4.69, 9.17) is 10.5 Å². The molecule has 25 heavy (non-hydrogen) atoms. The molecule has 2 saturated carbocycles. The van der Waals surface area contributed by atoms with Gasteiger partial charge in [-0.1, -0.05) is 27.7 Å². The molecule has 0 saturated heterocycles. The lowest BCUT2D eigenvalue weighted by molar-refractivity contribution is -0.0119. The normalized spacial score (nSPS) is 29.9. The fourth-order valence-corrected chi connectivity index (χ4v) is 4.55. The molecule has 0 spiro atoms. The maximum Gasteiger partial charge on any atom is 0.407 e. The molecule has 1 amide bonds. The summed E-state index contributed by atoms with van der Waals surface area (Å²) in [7, 11) is 0. The number of hydrogen-bond acceptors (Lipinski definition) is 3. The Hall–Kier alpha value is -0.770. The number of carbonyl (C=O) groups is 1. The Labute approximate surface area is 154 Å². The summed E-state index contributed by atoms with van der Waals surface area (Å²) in [6.07, 6.45) is 8.32. The van der Waals surface area contributed by atoms with Crippen molar-refractivity contribution in [2.45, 2.75) is 111 Å². The van der Waals surface area contributed by atoms with Crippen molar-refractivity contribution < 1.29 is 9.53 Å². The Bertz CT molecular complexity index is 461. The largest absolute Gasteiger partial charge is 0.444 e. The van der Waals surface area contributed by atoms with Gasteiger partial charge in [0.25, 0.3) is 0 Å². The third kappa shape index (κ3) is 6.16. The van der Waals surface area contributed by atoms with Gasteiger partial charge in [0, 0.05) is 12.1 Å². The van der Waals surface area contributed by atoms with Gasteiger partial charge in [0.1, 0.15) is 5.60 Å². The number of carbonyl (C=O) groups excluding carboxylic acids is 1. The quantitative estimate of drug-likeness (QED) is 0.748. The molecule has 2 fully saturated rings. The van der Waals surface area contributed by atoms with E-state index in [9.17, 15) is 4.79 Å². The first-order chi connectivity index (χ1) is 11.4. The lowest BCUT2D eigenvalue weighted by Crippen LogP contribution is -2.45. The van der Waals surface area contributed by atoms with Gasteiger partial charge in [-0.3, -0.25) is 0 Å². The zero-order chi connectivity index (χ0) is 18.9. The number of nitrogens with one attached hydrogen (secondary N) is 1. The lowest BCUT2D eigenvalue weighted by Gasteiger charge is -2.44. The second-order valence-electron chi connectivity index (χ2n) is 10.7. The van der Waals surface area contributed by atoms with Gasteiger partial charge < -0.3 is 15.8 Å². The summed E-state index contributed by atoms with van der Waals surface area (Å²) in [5.74, 6) is 0.495. The highest BCUT2D eigenvalue weighted by Crippen LogP contribution is 2.44. The van der Waals surface area contributed by atoms with Gasteiger partial charge in [-0.2, -0.15) is 0 Å². The second-order valence-corrected chi connectivity index (χ2v) is 10.7. The summed E-state index contributed by atoms with van der Waals surface area (Å²) < 4.78 is 5.83. The number of ether oxygens (including phenoxy) is 1. The van der Waals surface area contributed by atoms with Crippen LogP contribution in [0.5, 0.6) is 0 Å². The number of rotatable bonds is 4. The standard InChI is InChI=1S/C21H40N2O2/c1-19(2)10-8-17(9-11-19)23-18(24)25-21(5,6)14-15-13-16(22)7-12-20(15,3)4/h15-17H,7-14,22H2,1-6H3,(H,23,24). The van der Waals surface area contributed by atoms with Crippen LogP contribution in [0.3, 0.4) is 0 Å². The van der Waals surface area contributed by atoms with Crippen LogP contribution in [0.15, 0.2) is 0 Å². The Balaban J connectivity index is 1.84. The van der Waals surface area contributed by atoms with Crippen molar-refractivity contribution in [3.8, 4) is 0 Å². The molecule has 3 N–H and O–H groups in total. The van der Waals surface area contributed by atoms with Gasteiger partial charge in [-0.15, -0.1) is 0 Å². The van der Waals surface area contributed by atoms with Crippen LogP contribution < -0.4 is 11.1 Å². The van der Waals surface area contributed by atoms with Gasteiger partial charge in [-0.25, -0.2) is 4.79 Å². The summed E-state index contributed by atoms with van der Waals surface area (Å²) in [5, 5.41) is 3.09. The lowest BCUT2D eigenvalue weighted by atomic mass is 9.64. The van der Waals surface area contributed by atoms with E-state index < -0.39 is 5.60 Å². The first-order valence-electron chi connectivity index (χ1n) is 10.1. The Morgan fingerprint density at radius 3 is 2.32 bits per heavy atom. The number of amides is 1. The van der Waals surface area contributed by atoms with E-state index >= 15 is 0 Å². The molecule has 0 bridgehead atoms. The molecule has 0 radical (unpaired) electrons. The fraction of sp³-hybridized carbons (Fsp3) is 0.952. The molecule has 0 aliphatic heterocycles. The molecule has 0 heterocycles. The highest BCUT2D eigenvalue weighted by molar-refractivity contribution is 5.68. The van der Waals surface area contributed by atoms with Crippen molar-refractivity contribution in [2.24, 2.45) is 22.5 Å². The minimum absolute atomic E-state index is 0.257. The van der Waals surface area contributed by atoms with Gasteiger partial charge >= 0.3 is 6.09 Å². The highest BCUT2D eigenvalue weighted by Gasteiger charge is 2.40. The fourth-order valence-electron chi connectivity index (χ4n) is 4.55. The minimum Gasteiger partial charge on any atom is -0.444 e. The van der Waals surface area contributed by atoms with Gasteiger partial charge in [-0.05, 0) is 82.0 Å². The predicted molar refractivity (Wildman–Crippen MR) is 103 cm³/mol. The van der Waals surface area contributed by atoms with Crippen LogP contribution in [-0.4, -0.2) is 23.8 Å². The van der Waals surface area contributed by atoms with Crippen molar-refractivity contribution >= 4 is 6.09 Å². The molecule has 4 heteroatoms. The third-order valence-corrected chi connectivity index (χ3v) is 6.62. The van der Waals surface area contributed by atoms with E-state index in [0.29, 0.717) is 11.3 Å². The predicted octanol–water partition coefficient (Wildman–Crippen LogP) is 5.00. The number of nitrogens with two attached hydrogens (primary N) is 1. The van der Waals surface area contributed by atoms with Crippen LogP contribution in [0, 0.1) is 16.7 Å². The molecular weight excluding hydrogens is 312 g/mol. The van der Waals surface area contributed by atoms with E-state index in [1.54, 1.807) is 0 Å². The molecule has 0 aromatic rings. The number of hydrogen-bond donors (Lipinski definition) is 2. The van der Waals surface area contributed by atoms with Crippen molar-refractivity contribution in [3.05, 3.63) is 0 Å². The summed E-state index contributed by atoms with van der Waals surface area (Å²) in [5.41, 5.74) is 6.41. The van der Waals surface area contributed by atoms with E-state index in [1.165, 1.54) is 0 Å². The zero-order valence-corrected chi connectivity index (χ0v) is 17.3. The Morgan fingerprint density at radius 2 is 1.72 bits per heavy atom. The topological polar surface area (TPSA) is 64.3 Å². The van der Waals surface area contributed by atoms with Crippen molar-refractivity contribution in [3.63, 3.8) is 0 Å². The van der Waals surface area contributed by atoms with E-state index in [-0.39, 0.29) is 23.6 Å². The van der Waals surface area contributed by atoms with Crippen LogP contribution in [0.4, 0.5) is 4.79 Å². The Kier molecular flexibility index (Phi) is 6.13. The number of alkyl carbamates (subject to hydrolysis) is 1. The van der Waals surface area contributed by atoms with Crippen molar-refractivity contribution in [1.29, 1.82) is 0 Å². The summed E-state index contributed by atoms with van der Waals surface area (Å²) in [6.45, 7) is 13.3. The summed E-state index contributed by atoms with van der Waals surface area (Å²) in [6, 6.07) is 0.545. The molecular formula is C21H40N2O2. The maximum absolute atomic E-state index is 12.4. The highest BCUT2D eigenvalue weighted by atomic mass is 16.6. The van der Waals surface area contributed by atoms with Gasteiger partial charge in [0.15, 0.2) is 0 Å². The first-order valence-corrected chi connectivity index (χ1v) is 10.1.